The quantitative estimate of drug-likeness (QED) is 0.496. The van der Waals surface area contributed by atoms with E-state index in [1.807, 2.05) is 36.4 Å². The Bertz CT molecular complexity index is 954. The van der Waals surface area contributed by atoms with E-state index in [4.69, 9.17) is 32.7 Å². The van der Waals surface area contributed by atoms with Gasteiger partial charge in [0.05, 0.1) is 21.9 Å². The molecule has 0 amide bonds. The Hall–Kier alpha value is -1.71. The van der Waals surface area contributed by atoms with Crippen LogP contribution < -0.4 is 9.47 Å². The van der Waals surface area contributed by atoms with Crippen molar-refractivity contribution in [3.05, 3.63) is 57.6 Å². The van der Waals surface area contributed by atoms with Crippen molar-refractivity contribution in [2.75, 3.05) is 0 Å². The highest BCUT2D eigenvalue weighted by Crippen LogP contribution is 2.58. The van der Waals surface area contributed by atoms with E-state index >= 15 is 0 Å². The molecule has 2 heterocycles. The molecule has 30 heavy (non-hydrogen) atoms. The molecule has 5 heteroatoms. The van der Waals surface area contributed by atoms with Crippen LogP contribution in [0.2, 0.25) is 10.0 Å². The van der Waals surface area contributed by atoms with Crippen LogP contribution in [0.4, 0.5) is 0 Å². The smallest absolute Gasteiger partial charge is 0.147 e. The predicted molar refractivity (Wildman–Crippen MR) is 117 cm³/mol. The number of hydrogen-bond acceptors (Lipinski definition) is 3. The van der Waals surface area contributed by atoms with Crippen molar-refractivity contribution in [1.29, 1.82) is 0 Å². The van der Waals surface area contributed by atoms with Crippen molar-refractivity contribution >= 4 is 29.0 Å². The molecule has 2 aliphatic carbocycles. The molecule has 1 spiro atoms. The van der Waals surface area contributed by atoms with E-state index in [2.05, 4.69) is 0 Å². The zero-order valence-electron chi connectivity index (χ0n) is 16.7. The van der Waals surface area contributed by atoms with Crippen molar-refractivity contribution in [1.82, 2.24) is 0 Å². The summed E-state index contributed by atoms with van der Waals surface area (Å²) in [6.07, 6.45) is 6.55. The van der Waals surface area contributed by atoms with Gasteiger partial charge in [-0.3, -0.25) is 4.79 Å². The van der Waals surface area contributed by atoms with Crippen molar-refractivity contribution in [2.24, 2.45) is 17.3 Å². The maximum absolute atomic E-state index is 13.8. The normalized spacial score (nSPS) is 30.9. The first kappa shape index (κ1) is 19.0. The number of ketones is 1. The van der Waals surface area contributed by atoms with E-state index in [0.29, 0.717) is 22.9 Å². The Morgan fingerprint density at radius 2 is 1.27 bits per heavy atom. The molecular formula is C25H24Cl2O3. The van der Waals surface area contributed by atoms with Gasteiger partial charge in [-0.05, 0) is 48.9 Å². The average Bonchev–Trinajstić information content (AvgIpc) is 2.77. The summed E-state index contributed by atoms with van der Waals surface area (Å²) in [5, 5.41) is 1.26. The van der Waals surface area contributed by atoms with Gasteiger partial charge in [0.2, 0.25) is 0 Å². The summed E-state index contributed by atoms with van der Waals surface area (Å²) >= 11 is 13.0. The Morgan fingerprint density at radius 1 is 0.767 bits per heavy atom. The Labute approximate surface area is 186 Å². The SMILES string of the molecule is O=C1[C@H]2Cc3cccc(Cl)c3O[C@@H]2C2(CCCCC2)[C@@H]2Oc3c(Cl)cccc3C[C@@H]12. The van der Waals surface area contributed by atoms with Crippen LogP contribution in [-0.4, -0.2) is 18.0 Å². The van der Waals surface area contributed by atoms with Gasteiger partial charge in [-0.2, -0.15) is 0 Å². The number of rotatable bonds is 0. The molecule has 2 saturated carbocycles. The summed E-state index contributed by atoms with van der Waals surface area (Å²) in [5.74, 6) is 1.51. The third kappa shape index (κ3) is 2.61. The van der Waals surface area contributed by atoms with Crippen LogP contribution in [0, 0.1) is 17.3 Å². The molecule has 2 fully saturated rings. The second-order valence-electron chi connectivity index (χ2n) is 9.35. The lowest BCUT2D eigenvalue weighted by molar-refractivity contribution is -0.174. The Morgan fingerprint density at radius 3 is 1.77 bits per heavy atom. The van der Waals surface area contributed by atoms with Gasteiger partial charge < -0.3 is 9.47 Å². The van der Waals surface area contributed by atoms with E-state index < -0.39 is 0 Å². The summed E-state index contributed by atoms with van der Waals surface area (Å²) in [7, 11) is 0. The van der Waals surface area contributed by atoms with Crippen molar-refractivity contribution in [2.45, 2.75) is 57.2 Å². The molecule has 6 rings (SSSR count). The summed E-state index contributed by atoms with van der Waals surface area (Å²) in [6, 6.07) is 11.7. The van der Waals surface area contributed by atoms with E-state index in [0.717, 1.165) is 48.3 Å². The third-order valence-electron chi connectivity index (χ3n) is 7.85. The topological polar surface area (TPSA) is 35.5 Å². The first-order chi connectivity index (χ1) is 14.6. The van der Waals surface area contributed by atoms with Crippen molar-refractivity contribution in [3.8, 4) is 11.5 Å². The number of halogens is 2. The van der Waals surface area contributed by atoms with E-state index in [1.54, 1.807) is 0 Å². The van der Waals surface area contributed by atoms with Crippen LogP contribution in [0.5, 0.6) is 11.5 Å². The van der Waals surface area contributed by atoms with Gasteiger partial charge in [-0.25, -0.2) is 0 Å². The Kier molecular flexibility index (Phi) is 4.37. The number of para-hydroxylation sites is 2. The van der Waals surface area contributed by atoms with Crippen LogP contribution in [0.25, 0.3) is 0 Å². The highest BCUT2D eigenvalue weighted by atomic mass is 35.5. The fraction of sp³-hybridized carbons (Fsp3) is 0.480. The lowest BCUT2D eigenvalue weighted by Gasteiger charge is -2.58. The number of fused-ring (bicyclic) bond motifs is 6. The molecular weight excluding hydrogens is 419 g/mol. The summed E-state index contributed by atoms with van der Waals surface area (Å²) in [4.78, 5) is 13.8. The largest absolute Gasteiger partial charge is 0.487 e. The van der Waals surface area contributed by atoms with Gasteiger partial charge in [0.15, 0.2) is 0 Å². The molecule has 3 nitrogen and oxygen atoms in total. The highest BCUT2D eigenvalue weighted by molar-refractivity contribution is 6.32. The molecule has 0 bridgehead atoms. The van der Waals surface area contributed by atoms with Gasteiger partial charge in [0, 0.05) is 5.41 Å². The predicted octanol–water partition coefficient (Wildman–Crippen LogP) is 6.07. The standard InChI is InChI=1S/C25H24Cl2O3/c26-18-8-4-6-14-12-16-20(28)17-13-15-7-5-9-19(27)22(15)30-24(17)25(10-2-1-3-11-25)23(16)29-21(14)18/h4-9,16-17,23-24H,1-3,10-13H2/t16-,17+,23+,24-. The molecule has 2 aromatic rings. The van der Waals surface area contributed by atoms with E-state index in [9.17, 15) is 4.79 Å². The van der Waals surface area contributed by atoms with E-state index in [1.165, 1.54) is 6.42 Å². The molecule has 0 radical (unpaired) electrons. The Balaban J connectivity index is 1.49. The van der Waals surface area contributed by atoms with Gasteiger partial charge >= 0.3 is 0 Å². The number of carbonyl (C=O) groups excluding carboxylic acids is 1. The highest BCUT2D eigenvalue weighted by Gasteiger charge is 2.63. The molecule has 0 N–H and O–H groups in total. The van der Waals surface area contributed by atoms with Crippen LogP contribution in [0.15, 0.2) is 36.4 Å². The molecule has 2 aliphatic heterocycles. The summed E-state index contributed by atoms with van der Waals surface area (Å²) in [6.45, 7) is 0. The van der Waals surface area contributed by atoms with Gasteiger partial charge in [0.1, 0.15) is 29.5 Å². The first-order valence-electron chi connectivity index (χ1n) is 11.0. The van der Waals surface area contributed by atoms with Crippen LogP contribution >= 0.6 is 23.2 Å². The van der Waals surface area contributed by atoms with Crippen molar-refractivity contribution in [3.63, 3.8) is 0 Å². The molecule has 0 saturated heterocycles. The molecule has 156 valence electrons. The summed E-state index contributed by atoms with van der Waals surface area (Å²) in [5.41, 5.74) is 1.90. The molecule has 4 atom stereocenters. The zero-order chi connectivity index (χ0) is 20.5. The minimum atomic E-state index is -0.192. The van der Waals surface area contributed by atoms with Gasteiger partial charge in [-0.1, -0.05) is 66.7 Å². The first-order valence-corrected chi connectivity index (χ1v) is 11.8. The monoisotopic (exact) mass is 442 g/mol. The molecule has 0 unspecified atom stereocenters. The number of benzene rings is 2. The van der Waals surface area contributed by atoms with Crippen molar-refractivity contribution < 1.29 is 14.3 Å². The van der Waals surface area contributed by atoms with E-state index in [-0.39, 0.29) is 35.2 Å². The van der Waals surface area contributed by atoms with Gasteiger partial charge in [-0.15, -0.1) is 0 Å². The number of ether oxygens (including phenoxy) is 2. The lowest BCUT2D eigenvalue weighted by atomic mass is 9.53. The van der Waals surface area contributed by atoms with Crippen LogP contribution in [0.3, 0.4) is 0 Å². The average molecular weight is 443 g/mol. The molecule has 2 aromatic carbocycles. The molecule has 4 aliphatic rings. The molecule has 0 aromatic heterocycles. The zero-order valence-corrected chi connectivity index (χ0v) is 18.2. The fourth-order valence-corrected chi connectivity index (χ4v) is 7.03. The maximum Gasteiger partial charge on any atom is 0.147 e. The van der Waals surface area contributed by atoms with Gasteiger partial charge in [0.25, 0.3) is 0 Å². The number of Topliss-reactive ketones (excluding diaryl/α,β-unsaturated/α-hetero) is 1. The second kappa shape index (κ2) is 6.90. The number of carbonyl (C=O) groups is 1. The fourth-order valence-electron chi connectivity index (χ4n) is 6.55. The minimum Gasteiger partial charge on any atom is -0.487 e. The number of hydrogen-bond donors (Lipinski definition) is 0. The van der Waals surface area contributed by atoms with Crippen LogP contribution in [-0.2, 0) is 17.6 Å². The minimum absolute atomic E-state index is 0.139. The third-order valence-corrected chi connectivity index (χ3v) is 8.44. The maximum atomic E-state index is 13.8. The second-order valence-corrected chi connectivity index (χ2v) is 10.2. The van der Waals surface area contributed by atoms with Crippen LogP contribution in [0.1, 0.15) is 43.2 Å². The lowest BCUT2D eigenvalue weighted by Crippen LogP contribution is -2.67. The summed E-state index contributed by atoms with van der Waals surface area (Å²) < 4.78 is 13.3.